The van der Waals surface area contributed by atoms with Gasteiger partial charge in [0.2, 0.25) is 0 Å². The van der Waals surface area contributed by atoms with Crippen molar-refractivity contribution in [3.8, 4) is 44.9 Å². The standard InChI is InChI=1S/C62H47BN2Si/c1-61(2,3)39-32-44-45-33-40(62(4,5)6)35-52-58(45)65-57(44)47(34-39)63-46-31-38-23-13-14-24-41(38)54-53(36-19-9-7-10-20-36)56(37-21-11-8-12-22-37)64(59(46)54)48-29-30-51(60(65)55(48)63)66(52)49-27-17-15-25-42(49)43-26-16-18-28-50(43)66/h7-35H,1-6H3. The van der Waals surface area contributed by atoms with Crippen LogP contribution < -0.4 is 37.1 Å². The molecule has 0 N–H and O–H groups in total. The third kappa shape index (κ3) is 4.31. The van der Waals surface area contributed by atoms with E-state index in [9.17, 15) is 0 Å². The van der Waals surface area contributed by atoms with Crippen LogP contribution in [0.2, 0.25) is 0 Å². The maximum Gasteiger partial charge on any atom is 0.252 e. The molecule has 0 bridgehead atoms. The number of benzene rings is 9. The zero-order chi connectivity index (χ0) is 44.2. The molecule has 4 heteroatoms. The molecule has 4 aliphatic rings. The fourth-order valence-corrected chi connectivity index (χ4v) is 19.0. The van der Waals surface area contributed by atoms with Gasteiger partial charge in [-0.25, -0.2) is 0 Å². The molecule has 11 aromatic rings. The lowest BCUT2D eigenvalue weighted by Crippen LogP contribution is -2.77. The highest BCUT2D eigenvalue weighted by molar-refractivity contribution is 7.24. The Morgan fingerprint density at radius 3 is 1.70 bits per heavy atom. The van der Waals surface area contributed by atoms with Crippen LogP contribution in [0.15, 0.2) is 176 Å². The minimum Gasteiger partial charge on any atom is -0.310 e. The maximum absolute atomic E-state index is 2.95. The first-order valence-electron chi connectivity index (χ1n) is 23.8. The number of hydrogen-bond donors (Lipinski definition) is 0. The fourth-order valence-electron chi connectivity index (χ4n) is 13.4. The van der Waals surface area contributed by atoms with Gasteiger partial charge in [0.25, 0.3) is 6.71 Å². The number of aromatic nitrogens is 2. The van der Waals surface area contributed by atoms with Crippen molar-refractivity contribution < 1.29 is 0 Å². The van der Waals surface area contributed by atoms with Crippen molar-refractivity contribution in [1.29, 1.82) is 0 Å². The Morgan fingerprint density at radius 2 is 1.02 bits per heavy atom. The molecule has 0 atom stereocenters. The molecule has 0 amide bonds. The van der Waals surface area contributed by atoms with Crippen LogP contribution in [-0.4, -0.2) is 23.9 Å². The summed E-state index contributed by atoms with van der Waals surface area (Å²) in [6.07, 6.45) is 0. The Kier molecular flexibility index (Phi) is 6.86. The molecular weight excluding hydrogens is 812 g/mol. The molecule has 312 valence electrons. The van der Waals surface area contributed by atoms with Gasteiger partial charge in [0.05, 0.1) is 16.7 Å². The smallest absolute Gasteiger partial charge is 0.252 e. The zero-order valence-electron chi connectivity index (χ0n) is 38.2. The molecule has 0 fully saturated rings. The molecule has 0 saturated carbocycles. The molecule has 0 radical (unpaired) electrons. The number of fused-ring (bicyclic) bond motifs is 13. The highest BCUT2D eigenvalue weighted by Gasteiger charge is 2.56. The van der Waals surface area contributed by atoms with Gasteiger partial charge < -0.3 is 9.13 Å². The molecule has 0 saturated heterocycles. The molecular formula is C62H47BN2Si. The van der Waals surface area contributed by atoms with Crippen molar-refractivity contribution in [1.82, 2.24) is 9.13 Å². The largest absolute Gasteiger partial charge is 0.310 e. The van der Waals surface area contributed by atoms with Gasteiger partial charge in [-0.2, -0.15) is 0 Å². The van der Waals surface area contributed by atoms with E-state index in [1.165, 1.54) is 137 Å². The van der Waals surface area contributed by atoms with Crippen LogP contribution in [0.4, 0.5) is 0 Å². The Morgan fingerprint density at radius 1 is 0.439 bits per heavy atom. The summed E-state index contributed by atoms with van der Waals surface area (Å²) in [7, 11) is -2.95. The van der Waals surface area contributed by atoms with Crippen LogP contribution in [-0.2, 0) is 10.8 Å². The molecule has 2 nitrogen and oxygen atoms in total. The van der Waals surface area contributed by atoms with Crippen LogP contribution in [0.1, 0.15) is 52.7 Å². The summed E-state index contributed by atoms with van der Waals surface area (Å²) in [6.45, 7) is 14.4. The summed E-state index contributed by atoms with van der Waals surface area (Å²) in [5, 5.41) is 12.8. The lowest BCUT2D eigenvalue weighted by Gasteiger charge is -2.43. The van der Waals surface area contributed by atoms with E-state index >= 15 is 0 Å². The van der Waals surface area contributed by atoms with E-state index < -0.39 is 8.07 Å². The van der Waals surface area contributed by atoms with Crippen molar-refractivity contribution in [3.05, 3.63) is 187 Å². The third-order valence-electron chi connectivity index (χ3n) is 16.1. The average Bonchev–Trinajstić information content (AvgIpc) is 3.97. The average molecular weight is 859 g/mol. The first-order valence-corrected chi connectivity index (χ1v) is 25.8. The van der Waals surface area contributed by atoms with Gasteiger partial charge in [-0.05, 0) is 110 Å². The molecule has 4 aliphatic heterocycles. The van der Waals surface area contributed by atoms with Crippen molar-refractivity contribution in [2.45, 2.75) is 52.4 Å². The van der Waals surface area contributed by atoms with Gasteiger partial charge in [0, 0.05) is 38.6 Å². The Labute approximate surface area is 386 Å². The Balaban J connectivity index is 1.23. The highest BCUT2D eigenvalue weighted by atomic mass is 28.3. The highest BCUT2D eigenvalue weighted by Crippen LogP contribution is 2.49. The SMILES string of the molecule is CC(C)(C)c1cc2c3c(c1)c1cc(C(C)(C)C)cc4c1n3-c1c(ccc3c1B2c1cc2ccccc2c2c(-c5ccccc5)c(-c5ccccc5)n-3c12)[Si]41c2ccccc2-c2ccccc21. The molecule has 66 heavy (non-hydrogen) atoms. The summed E-state index contributed by atoms with van der Waals surface area (Å²) in [6, 6.07) is 68.8. The minimum atomic E-state index is -2.95. The van der Waals surface area contributed by atoms with E-state index in [2.05, 4.69) is 227 Å². The molecule has 1 spiro atoms. The zero-order valence-corrected chi connectivity index (χ0v) is 39.2. The summed E-state index contributed by atoms with van der Waals surface area (Å²) in [5.41, 5.74) is 21.6. The van der Waals surface area contributed by atoms with Crippen LogP contribution >= 0.6 is 0 Å². The molecule has 15 rings (SSSR count). The molecule has 2 aromatic heterocycles. The first kappa shape index (κ1) is 37.1. The second-order valence-electron chi connectivity index (χ2n) is 21.6. The predicted molar refractivity (Wildman–Crippen MR) is 284 cm³/mol. The number of nitrogens with zero attached hydrogens (tertiary/aromatic N) is 2. The molecule has 6 heterocycles. The molecule has 9 aromatic carbocycles. The second-order valence-corrected chi connectivity index (χ2v) is 25.2. The normalized spacial score (nSPS) is 14.6. The van der Waals surface area contributed by atoms with Crippen LogP contribution in [0.25, 0.3) is 88.4 Å². The lowest BCUT2D eigenvalue weighted by molar-refractivity contribution is 0.591. The van der Waals surface area contributed by atoms with E-state index in [1.807, 2.05) is 0 Å². The Bertz CT molecular complexity index is 3960. The second kappa shape index (κ2) is 12.2. The van der Waals surface area contributed by atoms with E-state index in [0.717, 1.165) is 0 Å². The van der Waals surface area contributed by atoms with Crippen molar-refractivity contribution in [2.75, 3.05) is 0 Å². The summed E-state index contributed by atoms with van der Waals surface area (Å²) >= 11 is 0. The summed E-state index contributed by atoms with van der Waals surface area (Å²) in [5.74, 6) is 0. The number of rotatable bonds is 2. The quantitative estimate of drug-likeness (QED) is 0.153. The van der Waals surface area contributed by atoms with Gasteiger partial charge in [-0.15, -0.1) is 0 Å². The van der Waals surface area contributed by atoms with E-state index in [1.54, 1.807) is 0 Å². The van der Waals surface area contributed by atoms with E-state index in [-0.39, 0.29) is 17.5 Å². The maximum atomic E-state index is 2.80. The van der Waals surface area contributed by atoms with Crippen LogP contribution in [0, 0.1) is 0 Å². The summed E-state index contributed by atoms with van der Waals surface area (Å²) in [4.78, 5) is 0. The van der Waals surface area contributed by atoms with Gasteiger partial charge >= 0.3 is 0 Å². The van der Waals surface area contributed by atoms with Crippen molar-refractivity contribution in [3.63, 3.8) is 0 Å². The van der Waals surface area contributed by atoms with Gasteiger partial charge in [-0.1, -0.05) is 199 Å². The minimum absolute atomic E-state index is 0.0138. The predicted octanol–water partition coefficient (Wildman–Crippen LogP) is 10.6. The van der Waals surface area contributed by atoms with Crippen LogP contribution in [0.3, 0.4) is 0 Å². The van der Waals surface area contributed by atoms with E-state index in [4.69, 9.17) is 0 Å². The molecule has 0 aliphatic carbocycles. The topological polar surface area (TPSA) is 9.86 Å². The molecule has 0 unspecified atom stereocenters. The van der Waals surface area contributed by atoms with E-state index in [0.29, 0.717) is 0 Å². The van der Waals surface area contributed by atoms with Crippen molar-refractivity contribution in [2.24, 2.45) is 0 Å². The third-order valence-corrected chi connectivity index (χ3v) is 21.0. The van der Waals surface area contributed by atoms with Gasteiger partial charge in [-0.3, -0.25) is 0 Å². The Hall–Kier alpha value is -7.14. The number of hydrogen-bond acceptors (Lipinski definition) is 0. The first-order chi connectivity index (χ1) is 32.0. The monoisotopic (exact) mass is 858 g/mol. The van der Waals surface area contributed by atoms with Crippen LogP contribution in [0.5, 0.6) is 0 Å². The van der Waals surface area contributed by atoms with Crippen molar-refractivity contribution >= 4 is 95.4 Å². The summed E-state index contributed by atoms with van der Waals surface area (Å²) < 4.78 is 5.51. The lowest BCUT2D eigenvalue weighted by atomic mass is 9.34. The van der Waals surface area contributed by atoms with Gasteiger partial charge in [0.1, 0.15) is 0 Å². The van der Waals surface area contributed by atoms with Gasteiger partial charge in [0.15, 0.2) is 8.07 Å². The fraction of sp³-hybridized carbons (Fsp3) is 0.129.